The summed E-state index contributed by atoms with van der Waals surface area (Å²) in [4.78, 5) is 19.6. The molecule has 3 rings (SSSR count). The molecule has 0 radical (unpaired) electrons. The number of benzene rings is 3. The minimum atomic E-state index is -0.137. The lowest BCUT2D eigenvalue weighted by Gasteiger charge is -2.22. The molecule has 0 fully saturated rings. The quantitative estimate of drug-likeness (QED) is 0.0745. The molecule has 1 N–H and O–H groups in total. The number of ether oxygens (including phenoxy) is 3. The van der Waals surface area contributed by atoms with Gasteiger partial charge in [-0.2, -0.15) is 0 Å². The van der Waals surface area contributed by atoms with Crippen LogP contribution in [0, 0.1) is 0 Å². The highest BCUT2D eigenvalue weighted by Crippen LogP contribution is 2.34. The van der Waals surface area contributed by atoms with E-state index in [0.717, 1.165) is 16.9 Å². The number of rotatable bonds is 18. The normalized spacial score (nSPS) is 10.8. The molecule has 0 aliphatic carbocycles. The maximum absolute atomic E-state index is 12.7. The van der Waals surface area contributed by atoms with E-state index in [2.05, 4.69) is 73.7 Å². The second-order valence-corrected chi connectivity index (χ2v) is 10.1. The Morgan fingerprint density at radius 2 is 1.14 bits per heavy atom. The zero-order valence-corrected chi connectivity index (χ0v) is 25.0. The first-order chi connectivity index (χ1) is 20.4. The summed E-state index contributed by atoms with van der Waals surface area (Å²) >= 11 is 0. The molecule has 0 aliphatic heterocycles. The summed E-state index contributed by atoms with van der Waals surface area (Å²) in [6, 6.07) is 25.1. The van der Waals surface area contributed by atoms with Gasteiger partial charge in [-0.3, -0.25) is 4.79 Å². The van der Waals surface area contributed by atoms with E-state index in [4.69, 9.17) is 19.7 Å². The maximum Gasteiger partial charge on any atom is 0.251 e. The molecule has 0 unspecified atom stereocenters. The summed E-state index contributed by atoms with van der Waals surface area (Å²) in [6.07, 6.45) is 0. The summed E-state index contributed by atoms with van der Waals surface area (Å²) < 4.78 is 16.2. The molecule has 0 heterocycles. The molecule has 1 amide bonds. The van der Waals surface area contributed by atoms with E-state index in [9.17, 15) is 4.79 Å². The largest absolute Gasteiger partial charge is 0.379 e. The van der Waals surface area contributed by atoms with Gasteiger partial charge in [-0.25, -0.2) is 0 Å². The highest BCUT2D eigenvalue weighted by Gasteiger charge is 2.18. The molecule has 3 aromatic rings. The Balaban J connectivity index is 1.51. The van der Waals surface area contributed by atoms with Crippen molar-refractivity contribution in [1.82, 2.24) is 5.32 Å². The van der Waals surface area contributed by atoms with Crippen LogP contribution >= 0.6 is 0 Å². The van der Waals surface area contributed by atoms with Gasteiger partial charge in [0.2, 0.25) is 0 Å². The predicted octanol–water partition coefficient (Wildman–Crippen LogP) is 5.09. The van der Waals surface area contributed by atoms with Gasteiger partial charge in [0.15, 0.2) is 0 Å². The summed E-state index contributed by atoms with van der Waals surface area (Å²) in [5.41, 5.74) is 14.6. The van der Waals surface area contributed by atoms with Crippen molar-refractivity contribution in [3.05, 3.63) is 105 Å². The molecule has 0 bridgehead atoms. The van der Waals surface area contributed by atoms with Crippen LogP contribution in [-0.2, 0) is 14.2 Å². The van der Waals surface area contributed by atoms with Crippen molar-refractivity contribution in [1.29, 1.82) is 0 Å². The van der Waals surface area contributed by atoms with Gasteiger partial charge in [0, 0.05) is 69.0 Å². The molecule has 0 aliphatic rings. The van der Waals surface area contributed by atoms with E-state index in [-0.39, 0.29) is 11.8 Å². The number of hydrogen-bond acceptors (Lipinski definition) is 7. The summed E-state index contributed by atoms with van der Waals surface area (Å²) in [5, 5.41) is 6.30. The first-order valence-electron chi connectivity index (χ1n) is 14.1. The van der Waals surface area contributed by atoms with E-state index in [1.807, 2.05) is 52.5 Å². The minimum Gasteiger partial charge on any atom is -0.379 e. The first kappa shape index (κ1) is 32.4. The van der Waals surface area contributed by atoms with E-state index >= 15 is 0 Å². The van der Waals surface area contributed by atoms with Gasteiger partial charge in [-0.15, -0.1) is 0 Å². The molecule has 0 spiro atoms. The monoisotopic (exact) mass is 574 g/mol. The number of amides is 1. The van der Waals surface area contributed by atoms with Gasteiger partial charge in [-0.1, -0.05) is 41.5 Å². The smallest absolute Gasteiger partial charge is 0.251 e. The molecule has 0 saturated heterocycles. The fourth-order valence-electron chi connectivity index (χ4n) is 4.36. The van der Waals surface area contributed by atoms with Crippen LogP contribution in [0.2, 0.25) is 0 Å². The Morgan fingerprint density at radius 1 is 0.714 bits per heavy atom. The van der Waals surface area contributed by atoms with Crippen LogP contribution in [0.25, 0.3) is 10.4 Å². The van der Waals surface area contributed by atoms with Crippen LogP contribution in [0.1, 0.15) is 33.0 Å². The highest BCUT2D eigenvalue weighted by atomic mass is 16.5. The van der Waals surface area contributed by atoms with Gasteiger partial charge < -0.3 is 29.3 Å². The summed E-state index contributed by atoms with van der Waals surface area (Å²) in [7, 11) is 8.14. The van der Waals surface area contributed by atoms with Crippen molar-refractivity contribution in [3.8, 4) is 0 Å². The van der Waals surface area contributed by atoms with Crippen LogP contribution in [0.4, 0.5) is 11.4 Å². The Labute approximate surface area is 248 Å². The zero-order chi connectivity index (χ0) is 30.2. The third-order valence-electron chi connectivity index (χ3n) is 6.67. The van der Waals surface area contributed by atoms with Crippen molar-refractivity contribution in [2.45, 2.75) is 5.92 Å². The molecule has 10 nitrogen and oxygen atoms in total. The predicted molar refractivity (Wildman–Crippen MR) is 168 cm³/mol. The maximum atomic E-state index is 12.7. The topological polar surface area (TPSA) is 112 Å². The third kappa shape index (κ3) is 10.4. The van der Waals surface area contributed by atoms with E-state index in [1.165, 1.54) is 11.1 Å². The summed E-state index contributed by atoms with van der Waals surface area (Å²) in [6.45, 7) is 3.22. The fraction of sp³-hybridized carbons (Fsp3) is 0.406. The van der Waals surface area contributed by atoms with Gasteiger partial charge in [-0.05, 0) is 58.6 Å². The number of nitrogens with zero attached hydrogens (tertiary/aromatic N) is 5. The molecule has 0 saturated carbocycles. The van der Waals surface area contributed by atoms with Gasteiger partial charge in [0.25, 0.3) is 5.91 Å². The van der Waals surface area contributed by atoms with Crippen molar-refractivity contribution < 1.29 is 19.0 Å². The molecular formula is C32H42N6O4. The first-order valence-corrected chi connectivity index (χ1v) is 14.1. The van der Waals surface area contributed by atoms with E-state index < -0.39 is 0 Å². The van der Waals surface area contributed by atoms with Crippen LogP contribution in [0.5, 0.6) is 0 Å². The van der Waals surface area contributed by atoms with Crippen LogP contribution in [0.15, 0.2) is 77.9 Å². The van der Waals surface area contributed by atoms with Crippen LogP contribution in [-0.4, -0.2) is 86.8 Å². The lowest BCUT2D eigenvalue weighted by atomic mass is 9.84. The molecule has 3 aromatic carbocycles. The lowest BCUT2D eigenvalue weighted by Crippen LogP contribution is -2.27. The molecule has 42 heavy (non-hydrogen) atoms. The SMILES string of the molecule is CN(C)c1ccc(C(c2ccc(C(=O)NCCOCCOCCOCCN=[N+]=[N-])cc2)c2ccc(N(C)C)cc2)cc1. The van der Waals surface area contributed by atoms with Gasteiger partial charge in [0.05, 0.1) is 39.6 Å². The molecule has 0 atom stereocenters. The Kier molecular flexibility index (Phi) is 13.6. The highest BCUT2D eigenvalue weighted by molar-refractivity contribution is 5.94. The molecule has 224 valence electrons. The number of hydrogen-bond donors (Lipinski definition) is 1. The van der Waals surface area contributed by atoms with E-state index in [0.29, 0.717) is 58.3 Å². The minimum absolute atomic E-state index is 0.0365. The average molecular weight is 575 g/mol. The third-order valence-corrected chi connectivity index (χ3v) is 6.67. The Hall–Kier alpha value is -4.08. The Bertz CT molecular complexity index is 1210. The van der Waals surface area contributed by atoms with Crippen LogP contribution in [0.3, 0.4) is 0 Å². The number of azide groups is 1. The zero-order valence-electron chi connectivity index (χ0n) is 25.0. The van der Waals surface area contributed by atoms with Crippen molar-refractivity contribution in [3.63, 3.8) is 0 Å². The van der Waals surface area contributed by atoms with Crippen LogP contribution < -0.4 is 15.1 Å². The van der Waals surface area contributed by atoms with Crippen molar-refractivity contribution >= 4 is 17.3 Å². The number of nitrogens with one attached hydrogen (secondary N) is 1. The van der Waals surface area contributed by atoms with Crippen molar-refractivity contribution in [2.24, 2.45) is 5.11 Å². The standard InChI is InChI=1S/C32H42N6O4/c1-37(2)29-13-9-26(10-14-29)31(27-11-15-30(16-12-27)38(3)4)25-5-7-28(8-6-25)32(39)34-17-19-40-21-23-42-24-22-41-20-18-35-36-33/h5-16,31H,17-24H2,1-4H3,(H,34,39). The lowest BCUT2D eigenvalue weighted by molar-refractivity contribution is 0.0166. The second-order valence-electron chi connectivity index (χ2n) is 10.1. The summed E-state index contributed by atoms with van der Waals surface area (Å²) in [5.74, 6) is -0.101. The average Bonchev–Trinajstić information content (AvgIpc) is 3.00. The van der Waals surface area contributed by atoms with E-state index in [1.54, 1.807) is 0 Å². The molecule has 0 aromatic heterocycles. The second kappa shape index (κ2) is 17.7. The number of anilines is 2. The van der Waals surface area contributed by atoms with Gasteiger partial charge in [0.1, 0.15) is 0 Å². The van der Waals surface area contributed by atoms with Crippen molar-refractivity contribution in [2.75, 3.05) is 90.7 Å². The number of carbonyl (C=O) groups is 1. The molecule has 10 heteroatoms. The Morgan fingerprint density at radius 3 is 1.60 bits per heavy atom. The fourth-order valence-corrected chi connectivity index (χ4v) is 4.36. The number of carbonyl (C=O) groups excluding carboxylic acids is 1. The van der Waals surface area contributed by atoms with Gasteiger partial charge >= 0.3 is 0 Å². The molecular weight excluding hydrogens is 532 g/mol.